The number of urea groups is 1. The number of hydrogen-bond acceptors (Lipinski definition) is 9. The molecule has 1 unspecified atom stereocenters. The highest BCUT2D eigenvalue weighted by molar-refractivity contribution is 7.94. The summed E-state index contributed by atoms with van der Waals surface area (Å²) in [4.78, 5) is 19.2. The maximum absolute atomic E-state index is 12.7. The summed E-state index contributed by atoms with van der Waals surface area (Å²) in [5.41, 5.74) is 0.390. The molecule has 1 aliphatic rings. The fourth-order valence-corrected chi connectivity index (χ4v) is 6.23. The van der Waals surface area contributed by atoms with Crippen LogP contribution in [-0.4, -0.2) is 52.3 Å². The molecule has 0 aliphatic carbocycles. The molecule has 2 aromatic rings. The van der Waals surface area contributed by atoms with E-state index in [-0.39, 0.29) is 29.0 Å². The second kappa shape index (κ2) is 7.48. The summed E-state index contributed by atoms with van der Waals surface area (Å²) in [5.74, 6) is -0.111. The molecular formula is C16H18N4O7S2. The summed E-state index contributed by atoms with van der Waals surface area (Å²) in [6.07, 6.45) is 0.199. The highest BCUT2D eigenvalue weighted by Gasteiger charge is 2.39. The van der Waals surface area contributed by atoms with Crippen molar-refractivity contribution in [3.63, 3.8) is 0 Å². The minimum atomic E-state index is -4.49. The number of nitrogens with zero attached hydrogens (tertiary/aromatic N) is 2. The maximum Gasteiger partial charge on any atom is 0.335 e. The van der Waals surface area contributed by atoms with Gasteiger partial charge in [0.2, 0.25) is 17.7 Å². The summed E-state index contributed by atoms with van der Waals surface area (Å²) in [5, 5.41) is 1.40. The molecule has 0 saturated heterocycles. The van der Waals surface area contributed by atoms with Gasteiger partial charge in [0.1, 0.15) is 4.90 Å². The summed E-state index contributed by atoms with van der Waals surface area (Å²) < 4.78 is 62.1. The summed E-state index contributed by atoms with van der Waals surface area (Å²) >= 11 is 0. The Balaban J connectivity index is 1.89. The molecular weight excluding hydrogens is 424 g/mol. The maximum atomic E-state index is 12.7. The van der Waals surface area contributed by atoms with Gasteiger partial charge in [-0.25, -0.2) is 26.4 Å². The van der Waals surface area contributed by atoms with Crippen LogP contribution in [0, 0.1) is 0 Å². The molecule has 0 bridgehead atoms. The van der Waals surface area contributed by atoms with Crippen LogP contribution in [-0.2, 0) is 26.3 Å². The number of anilines is 1. The van der Waals surface area contributed by atoms with Crippen molar-refractivity contribution in [3.05, 3.63) is 29.8 Å². The molecule has 2 amide bonds. The van der Waals surface area contributed by atoms with Crippen molar-refractivity contribution in [3.8, 4) is 11.8 Å². The number of benzene rings is 1. The average Bonchev–Trinajstić information content (AvgIpc) is 2.89. The third-order valence-corrected chi connectivity index (χ3v) is 8.00. The van der Waals surface area contributed by atoms with Gasteiger partial charge in [0.05, 0.1) is 30.4 Å². The van der Waals surface area contributed by atoms with E-state index in [1.165, 1.54) is 33.3 Å². The number of methoxy groups -OCH3 is 2. The number of sulfone groups is 1. The quantitative estimate of drug-likeness (QED) is 0.682. The van der Waals surface area contributed by atoms with Gasteiger partial charge < -0.3 is 9.47 Å². The number of carbonyl (C=O) groups is 1. The highest BCUT2D eigenvalue weighted by atomic mass is 32.2. The first-order valence-corrected chi connectivity index (χ1v) is 11.3. The highest BCUT2D eigenvalue weighted by Crippen LogP contribution is 2.35. The number of ether oxygens (including phenoxy) is 2. The third-order valence-electron chi connectivity index (χ3n) is 4.22. The van der Waals surface area contributed by atoms with Crippen LogP contribution in [0.5, 0.6) is 11.8 Å². The smallest absolute Gasteiger partial charge is 0.335 e. The number of carbonyl (C=O) groups excluding carboxylic acids is 1. The predicted molar refractivity (Wildman–Crippen MR) is 101 cm³/mol. The van der Waals surface area contributed by atoms with Gasteiger partial charge in [0.15, 0.2) is 9.84 Å². The predicted octanol–water partition coefficient (Wildman–Crippen LogP) is 0.722. The molecule has 1 aromatic heterocycles. The van der Waals surface area contributed by atoms with Gasteiger partial charge in [-0.15, -0.1) is 0 Å². The zero-order valence-corrected chi connectivity index (χ0v) is 17.3. The zero-order valence-electron chi connectivity index (χ0n) is 15.7. The van der Waals surface area contributed by atoms with Gasteiger partial charge in [-0.05, 0) is 25.0 Å². The summed E-state index contributed by atoms with van der Waals surface area (Å²) in [7, 11) is -5.63. The van der Waals surface area contributed by atoms with E-state index in [1.807, 2.05) is 0 Å². The fourth-order valence-electron chi connectivity index (χ4n) is 2.85. The number of sulfonamides is 1. The van der Waals surface area contributed by atoms with Gasteiger partial charge in [0.25, 0.3) is 10.0 Å². The zero-order chi connectivity index (χ0) is 21.4. The van der Waals surface area contributed by atoms with E-state index in [0.29, 0.717) is 5.56 Å². The summed E-state index contributed by atoms with van der Waals surface area (Å²) in [6, 6.07) is 4.29. The van der Waals surface area contributed by atoms with Crippen LogP contribution in [0.2, 0.25) is 0 Å². The second-order valence-corrected chi connectivity index (χ2v) is 10.1. The van der Waals surface area contributed by atoms with Crippen LogP contribution in [0.1, 0.15) is 12.5 Å². The Bertz CT molecular complexity index is 1160. The molecule has 0 fully saturated rings. The van der Waals surface area contributed by atoms with Crippen molar-refractivity contribution in [1.29, 1.82) is 0 Å². The van der Waals surface area contributed by atoms with Gasteiger partial charge in [-0.3, -0.25) is 5.32 Å². The van der Waals surface area contributed by atoms with E-state index in [2.05, 4.69) is 15.3 Å². The van der Waals surface area contributed by atoms with Crippen LogP contribution in [0.15, 0.2) is 34.1 Å². The van der Waals surface area contributed by atoms with Gasteiger partial charge >= 0.3 is 6.03 Å². The Morgan fingerprint density at radius 3 is 2.38 bits per heavy atom. The van der Waals surface area contributed by atoms with Gasteiger partial charge in [-0.2, -0.15) is 9.97 Å². The molecule has 11 nitrogen and oxygen atoms in total. The number of aromatic nitrogens is 2. The molecule has 1 aliphatic heterocycles. The average molecular weight is 442 g/mol. The molecule has 13 heteroatoms. The van der Waals surface area contributed by atoms with Crippen LogP contribution in [0.3, 0.4) is 0 Å². The lowest BCUT2D eigenvalue weighted by Gasteiger charge is -2.12. The molecule has 3 rings (SSSR count). The van der Waals surface area contributed by atoms with E-state index >= 15 is 0 Å². The third kappa shape index (κ3) is 3.96. The lowest BCUT2D eigenvalue weighted by atomic mass is 10.1. The van der Waals surface area contributed by atoms with E-state index in [4.69, 9.17) is 9.47 Å². The van der Waals surface area contributed by atoms with E-state index in [9.17, 15) is 21.6 Å². The van der Waals surface area contributed by atoms with Crippen molar-refractivity contribution in [2.24, 2.45) is 0 Å². The summed E-state index contributed by atoms with van der Waals surface area (Å²) in [6.45, 7) is 1.50. The number of amides is 2. The largest absolute Gasteiger partial charge is 0.481 e. The number of rotatable bonds is 5. The first kappa shape index (κ1) is 20.8. The van der Waals surface area contributed by atoms with E-state index < -0.39 is 36.0 Å². The molecule has 0 spiro atoms. The molecule has 156 valence electrons. The molecule has 2 N–H and O–H groups in total. The Kier molecular flexibility index (Phi) is 5.36. The SMILES string of the molecule is COc1cc(OC)nc(NC(=O)NS(=O)(=O)c2cccc3c2S(=O)(=O)C(C)C3)n1. The lowest BCUT2D eigenvalue weighted by molar-refractivity contribution is 0.256. The van der Waals surface area contributed by atoms with Crippen LogP contribution < -0.4 is 19.5 Å². The number of hydrogen-bond donors (Lipinski definition) is 2. The van der Waals surface area contributed by atoms with Crippen molar-refractivity contribution < 1.29 is 31.1 Å². The first-order valence-electron chi connectivity index (χ1n) is 8.25. The molecule has 0 radical (unpaired) electrons. The van der Waals surface area contributed by atoms with Crippen LogP contribution in [0.25, 0.3) is 0 Å². The molecule has 1 atom stereocenters. The van der Waals surface area contributed by atoms with Crippen LogP contribution >= 0.6 is 0 Å². The van der Waals surface area contributed by atoms with Gasteiger partial charge in [0, 0.05) is 0 Å². The van der Waals surface area contributed by atoms with Crippen molar-refractivity contribution >= 4 is 31.8 Å². The van der Waals surface area contributed by atoms with E-state index in [0.717, 1.165) is 6.07 Å². The van der Waals surface area contributed by atoms with Crippen molar-refractivity contribution in [2.75, 3.05) is 19.5 Å². The Hall–Kier alpha value is -2.93. The topological polar surface area (TPSA) is 154 Å². The van der Waals surface area contributed by atoms with E-state index in [1.54, 1.807) is 10.8 Å². The second-order valence-electron chi connectivity index (χ2n) is 6.14. The Labute approximate surface area is 167 Å². The van der Waals surface area contributed by atoms with Crippen molar-refractivity contribution in [2.45, 2.75) is 28.4 Å². The lowest BCUT2D eigenvalue weighted by Crippen LogP contribution is -2.35. The Morgan fingerprint density at radius 2 is 1.79 bits per heavy atom. The van der Waals surface area contributed by atoms with Crippen LogP contribution in [0.4, 0.5) is 10.7 Å². The number of nitrogens with one attached hydrogen (secondary N) is 2. The molecule has 0 saturated carbocycles. The Morgan fingerprint density at radius 1 is 1.17 bits per heavy atom. The van der Waals surface area contributed by atoms with Gasteiger partial charge in [-0.1, -0.05) is 12.1 Å². The molecule has 29 heavy (non-hydrogen) atoms. The molecule has 1 aromatic carbocycles. The first-order chi connectivity index (χ1) is 13.6. The fraction of sp³-hybridized carbons (Fsp3) is 0.312. The molecule has 2 heterocycles. The standard InChI is InChI=1S/C16H18N4O7S2/c1-9-7-10-5-4-6-11(14(10)28(9,22)23)29(24,25)20-16(21)19-15-17-12(26-2)8-13(18-15)27-3/h4-6,8-9H,7H2,1-3H3,(H2,17,18,19,20,21). The minimum Gasteiger partial charge on any atom is -0.481 e. The minimum absolute atomic E-state index is 0.0796. The normalized spacial score (nSPS) is 17.3. The van der Waals surface area contributed by atoms with Crippen molar-refractivity contribution in [1.82, 2.24) is 14.7 Å². The number of fused-ring (bicyclic) bond motifs is 1. The monoisotopic (exact) mass is 442 g/mol.